The smallest absolute Gasteiger partial charge is 0.289 e. The van der Waals surface area contributed by atoms with Crippen LogP contribution in [0, 0.1) is 0 Å². The van der Waals surface area contributed by atoms with Crippen LogP contribution in [0.4, 0.5) is 5.69 Å². The number of carbonyl (C=O) groups is 2. The summed E-state index contributed by atoms with van der Waals surface area (Å²) in [7, 11) is -3.77. The normalized spacial score (nSPS) is 14.4. The van der Waals surface area contributed by atoms with Gasteiger partial charge in [-0.05, 0) is 80.4 Å². The molecule has 0 spiro atoms. The summed E-state index contributed by atoms with van der Waals surface area (Å²) in [6.45, 7) is 3.40. The minimum absolute atomic E-state index is 0.0546. The molecule has 2 N–H and O–H groups in total. The second kappa shape index (κ2) is 10.6. The minimum atomic E-state index is -3.77. The fraction of sp³-hybridized carbons (Fsp3) is 0.280. The van der Waals surface area contributed by atoms with Crippen molar-refractivity contribution in [2.45, 2.75) is 30.7 Å². The third-order valence-electron chi connectivity index (χ3n) is 5.69. The van der Waals surface area contributed by atoms with E-state index in [0.29, 0.717) is 55.3 Å². The fourth-order valence-corrected chi connectivity index (χ4v) is 4.90. The molecule has 1 aliphatic rings. The first-order valence-corrected chi connectivity index (χ1v) is 12.8. The van der Waals surface area contributed by atoms with Crippen molar-refractivity contribution in [1.29, 1.82) is 0 Å². The molecule has 0 unspecified atom stereocenters. The summed E-state index contributed by atoms with van der Waals surface area (Å²) in [6, 6.07) is 15.6. The molecular weight excluding hydrogens is 470 g/mol. The number of hydrogen-bond donors (Lipinski definition) is 2. The minimum Gasteiger partial charge on any atom is -0.494 e. The Balaban J connectivity index is 1.30. The van der Waals surface area contributed by atoms with Gasteiger partial charge in [0.15, 0.2) is 5.76 Å². The van der Waals surface area contributed by atoms with Crippen LogP contribution in [0.15, 0.2) is 76.2 Å². The highest BCUT2D eigenvalue weighted by Crippen LogP contribution is 2.20. The summed E-state index contributed by atoms with van der Waals surface area (Å²) < 4.78 is 38.3. The number of hydrogen-bond acceptors (Lipinski definition) is 6. The van der Waals surface area contributed by atoms with Crippen LogP contribution in [0.1, 0.15) is 40.7 Å². The maximum atomic E-state index is 12.7. The highest BCUT2D eigenvalue weighted by Gasteiger charge is 2.26. The number of benzene rings is 2. The first-order chi connectivity index (χ1) is 16.9. The molecule has 184 valence electrons. The molecule has 0 radical (unpaired) electrons. The number of ether oxygens (including phenoxy) is 1. The largest absolute Gasteiger partial charge is 0.494 e. The van der Waals surface area contributed by atoms with Gasteiger partial charge in [-0.2, -0.15) is 0 Å². The Morgan fingerprint density at radius 3 is 2.31 bits per heavy atom. The Morgan fingerprint density at radius 2 is 1.71 bits per heavy atom. The zero-order valence-electron chi connectivity index (χ0n) is 19.3. The number of furan rings is 1. The maximum Gasteiger partial charge on any atom is 0.289 e. The van der Waals surface area contributed by atoms with Gasteiger partial charge in [-0.15, -0.1) is 0 Å². The Morgan fingerprint density at radius 1 is 1.03 bits per heavy atom. The zero-order valence-corrected chi connectivity index (χ0v) is 20.1. The van der Waals surface area contributed by atoms with E-state index < -0.39 is 10.0 Å². The molecule has 1 aromatic heterocycles. The molecule has 0 saturated carbocycles. The van der Waals surface area contributed by atoms with Crippen molar-refractivity contribution in [3.8, 4) is 5.75 Å². The van der Waals surface area contributed by atoms with E-state index in [0.717, 1.165) is 0 Å². The quantitative estimate of drug-likeness (QED) is 0.492. The number of amides is 2. The number of rotatable bonds is 8. The third-order valence-corrected chi connectivity index (χ3v) is 7.09. The number of anilines is 1. The number of carbonyl (C=O) groups excluding carboxylic acids is 2. The van der Waals surface area contributed by atoms with E-state index in [1.165, 1.54) is 18.4 Å². The SMILES string of the molecule is CCOc1ccc(S(=O)(=O)Nc2ccc(C(=O)NC3CCN(C(=O)c4ccco4)CC3)cc2)cc1. The van der Waals surface area contributed by atoms with Gasteiger partial charge in [-0.3, -0.25) is 14.3 Å². The van der Waals surface area contributed by atoms with E-state index in [1.54, 1.807) is 53.4 Å². The van der Waals surface area contributed by atoms with E-state index >= 15 is 0 Å². The van der Waals surface area contributed by atoms with Crippen molar-refractivity contribution in [3.05, 3.63) is 78.3 Å². The van der Waals surface area contributed by atoms with E-state index in [9.17, 15) is 18.0 Å². The molecule has 1 fully saturated rings. The number of nitrogens with one attached hydrogen (secondary N) is 2. The molecule has 10 heteroatoms. The number of sulfonamides is 1. The summed E-state index contributed by atoms with van der Waals surface area (Å²) in [6.07, 6.45) is 2.74. The third kappa shape index (κ3) is 6.02. The van der Waals surface area contributed by atoms with Gasteiger partial charge in [-0.25, -0.2) is 8.42 Å². The van der Waals surface area contributed by atoms with Gasteiger partial charge in [0, 0.05) is 30.4 Å². The highest BCUT2D eigenvalue weighted by atomic mass is 32.2. The van der Waals surface area contributed by atoms with Crippen LogP contribution in [0.3, 0.4) is 0 Å². The summed E-state index contributed by atoms with van der Waals surface area (Å²) >= 11 is 0. The Labute approximate surface area is 204 Å². The number of nitrogens with zero attached hydrogens (tertiary/aromatic N) is 1. The van der Waals surface area contributed by atoms with Gasteiger partial charge in [0.1, 0.15) is 5.75 Å². The first kappa shape index (κ1) is 24.3. The second-order valence-electron chi connectivity index (χ2n) is 8.10. The van der Waals surface area contributed by atoms with Gasteiger partial charge < -0.3 is 19.4 Å². The maximum absolute atomic E-state index is 12.7. The molecule has 2 amide bonds. The molecule has 1 saturated heterocycles. The van der Waals surface area contributed by atoms with E-state index in [-0.39, 0.29) is 22.8 Å². The number of piperidine rings is 1. The predicted molar refractivity (Wildman–Crippen MR) is 130 cm³/mol. The molecule has 0 bridgehead atoms. The van der Waals surface area contributed by atoms with E-state index in [4.69, 9.17) is 9.15 Å². The van der Waals surface area contributed by atoms with Crippen molar-refractivity contribution in [2.75, 3.05) is 24.4 Å². The predicted octanol–water partition coefficient (Wildman–Crippen LogP) is 3.51. The van der Waals surface area contributed by atoms with Crippen molar-refractivity contribution in [1.82, 2.24) is 10.2 Å². The van der Waals surface area contributed by atoms with Gasteiger partial charge in [0.05, 0.1) is 17.8 Å². The van der Waals surface area contributed by atoms with Crippen LogP contribution in [0.2, 0.25) is 0 Å². The molecule has 1 aliphatic heterocycles. The molecule has 4 rings (SSSR count). The monoisotopic (exact) mass is 497 g/mol. The lowest BCUT2D eigenvalue weighted by Crippen LogP contribution is -2.46. The Kier molecular flexibility index (Phi) is 7.40. The van der Waals surface area contributed by atoms with Crippen LogP contribution in [0.5, 0.6) is 5.75 Å². The van der Waals surface area contributed by atoms with Crippen LogP contribution >= 0.6 is 0 Å². The second-order valence-corrected chi connectivity index (χ2v) is 9.79. The summed E-state index contributed by atoms with van der Waals surface area (Å²) in [5, 5.41) is 2.99. The zero-order chi connectivity index (χ0) is 24.8. The summed E-state index contributed by atoms with van der Waals surface area (Å²) in [5.74, 6) is 0.507. The van der Waals surface area contributed by atoms with Crippen LogP contribution in [-0.4, -0.2) is 50.9 Å². The van der Waals surface area contributed by atoms with Crippen LogP contribution < -0.4 is 14.8 Å². The average Bonchev–Trinajstić information content (AvgIpc) is 3.40. The van der Waals surface area contributed by atoms with Crippen LogP contribution in [-0.2, 0) is 10.0 Å². The van der Waals surface area contributed by atoms with Gasteiger partial charge in [-0.1, -0.05) is 0 Å². The Hall–Kier alpha value is -3.79. The molecule has 2 aromatic carbocycles. The van der Waals surface area contributed by atoms with E-state index in [2.05, 4.69) is 10.0 Å². The molecule has 0 aliphatic carbocycles. The average molecular weight is 498 g/mol. The molecular formula is C25H27N3O6S. The van der Waals surface area contributed by atoms with Crippen molar-refractivity contribution in [3.63, 3.8) is 0 Å². The summed E-state index contributed by atoms with van der Waals surface area (Å²) in [5.41, 5.74) is 0.767. The van der Waals surface area contributed by atoms with Gasteiger partial charge in [0.25, 0.3) is 21.8 Å². The topological polar surface area (TPSA) is 118 Å². The number of likely N-dealkylation sites (tertiary alicyclic amines) is 1. The van der Waals surface area contributed by atoms with Gasteiger partial charge >= 0.3 is 0 Å². The van der Waals surface area contributed by atoms with Crippen molar-refractivity contribution >= 4 is 27.5 Å². The highest BCUT2D eigenvalue weighted by molar-refractivity contribution is 7.92. The lowest BCUT2D eigenvalue weighted by Gasteiger charge is -2.31. The lowest BCUT2D eigenvalue weighted by molar-refractivity contribution is 0.0667. The van der Waals surface area contributed by atoms with E-state index in [1.807, 2.05) is 6.92 Å². The molecule has 35 heavy (non-hydrogen) atoms. The van der Waals surface area contributed by atoms with Crippen LogP contribution in [0.25, 0.3) is 0 Å². The molecule has 9 nitrogen and oxygen atoms in total. The fourth-order valence-electron chi connectivity index (χ4n) is 3.84. The molecule has 3 aromatic rings. The van der Waals surface area contributed by atoms with Crippen molar-refractivity contribution < 1.29 is 27.2 Å². The molecule has 2 heterocycles. The summed E-state index contributed by atoms with van der Waals surface area (Å²) in [4.78, 5) is 26.9. The van der Waals surface area contributed by atoms with Gasteiger partial charge in [0.2, 0.25) is 0 Å². The van der Waals surface area contributed by atoms with Crippen molar-refractivity contribution in [2.24, 2.45) is 0 Å². The molecule has 0 atom stereocenters. The standard InChI is InChI=1S/C25H27N3O6S/c1-2-33-21-9-11-22(12-10-21)35(31,32)27-20-7-5-18(6-8-20)24(29)26-19-13-15-28(16-14-19)25(30)23-4-3-17-34-23/h3-12,17,19,27H,2,13-16H2,1H3,(H,26,29). The first-order valence-electron chi connectivity index (χ1n) is 11.3. The Bertz CT molecular complexity index is 1250. The lowest BCUT2D eigenvalue weighted by atomic mass is 10.0.